The Hall–Kier alpha value is -0.830. The molecule has 1 unspecified atom stereocenters. The molecule has 0 saturated heterocycles. The van der Waals surface area contributed by atoms with Crippen molar-refractivity contribution >= 4 is 0 Å². The lowest BCUT2D eigenvalue weighted by Crippen LogP contribution is -2.29. The Morgan fingerprint density at radius 2 is 1.75 bits per heavy atom. The lowest BCUT2D eigenvalue weighted by Gasteiger charge is -2.33. The predicted octanol–water partition coefficient (Wildman–Crippen LogP) is 3.83. The summed E-state index contributed by atoms with van der Waals surface area (Å²) in [4.78, 5) is 0. The SMILES string of the molecule is CC(C)C1CCC(C(O)Cc2ccn(C(C)C)n2)CC1. The van der Waals surface area contributed by atoms with Crippen molar-refractivity contribution in [2.75, 3.05) is 0 Å². The molecule has 3 heteroatoms. The molecule has 1 fully saturated rings. The average molecular weight is 278 g/mol. The molecule has 1 saturated carbocycles. The number of aromatic nitrogens is 2. The minimum Gasteiger partial charge on any atom is -0.392 e. The van der Waals surface area contributed by atoms with Crippen LogP contribution in [-0.4, -0.2) is 21.0 Å². The molecule has 0 bridgehead atoms. The lowest BCUT2D eigenvalue weighted by molar-refractivity contribution is 0.0666. The third kappa shape index (κ3) is 3.85. The maximum absolute atomic E-state index is 10.5. The van der Waals surface area contributed by atoms with E-state index in [-0.39, 0.29) is 6.10 Å². The van der Waals surface area contributed by atoms with E-state index in [0.717, 1.165) is 17.5 Å². The second-order valence-electron chi connectivity index (χ2n) is 7.07. The lowest BCUT2D eigenvalue weighted by atomic mass is 9.74. The molecule has 0 aliphatic heterocycles. The Morgan fingerprint density at radius 3 is 2.25 bits per heavy atom. The monoisotopic (exact) mass is 278 g/mol. The van der Waals surface area contributed by atoms with Gasteiger partial charge >= 0.3 is 0 Å². The standard InChI is InChI=1S/C17H30N2O/c1-12(2)14-5-7-15(8-6-14)17(20)11-16-9-10-19(18-16)13(3)4/h9-10,12-15,17,20H,5-8,11H2,1-4H3. The van der Waals surface area contributed by atoms with Crippen LogP contribution in [0.1, 0.15) is 65.1 Å². The van der Waals surface area contributed by atoms with E-state index in [0.29, 0.717) is 18.4 Å². The summed E-state index contributed by atoms with van der Waals surface area (Å²) in [5.41, 5.74) is 1.03. The maximum Gasteiger partial charge on any atom is 0.0650 e. The first-order valence-corrected chi connectivity index (χ1v) is 8.19. The number of hydrogen-bond acceptors (Lipinski definition) is 2. The first-order chi connectivity index (χ1) is 9.47. The first-order valence-electron chi connectivity index (χ1n) is 8.19. The van der Waals surface area contributed by atoms with Crippen molar-refractivity contribution in [3.8, 4) is 0 Å². The zero-order valence-electron chi connectivity index (χ0n) is 13.4. The van der Waals surface area contributed by atoms with E-state index < -0.39 is 0 Å². The van der Waals surface area contributed by atoms with E-state index in [1.807, 2.05) is 16.9 Å². The van der Waals surface area contributed by atoms with Crippen LogP contribution in [0.15, 0.2) is 12.3 Å². The van der Waals surface area contributed by atoms with Crippen LogP contribution in [0.3, 0.4) is 0 Å². The first kappa shape index (κ1) is 15.6. The van der Waals surface area contributed by atoms with Gasteiger partial charge in [-0.2, -0.15) is 5.10 Å². The molecule has 0 amide bonds. The summed E-state index contributed by atoms with van der Waals surface area (Å²) in [7, 11) is 0. The molecule has 3 nitrogen and oxygen atoms in total. The number of nitrogens with zero attached hydrogens (tertiary/aromatic N) is 2. The van der Waals surface area contributed by atoms with Crippen molar-refractivity contribution in [1.29, 1.82) is 0 Å². The van der Waals surface area contributed by atoms with Crippen LogP contribution in [-0.2, 0) is 6.42 Å². The smallest absolute Gasteiger partial charge is 0.0650 e. The van der Waals surface area contributed by atoms with Gasteiger partial charge in [0.05, 0.1) is 11.8 Å². The van der Waals surface area contributed by atoms with Gasteiger partial charge in [0.25, 0.3) is 0 Å². The van der Waals surface area contributed by atoms with Gasteiger partial charge in [-0.05, 0) is 63.4 Å². The van der Waals surface area contributed by atoms with E-state index in [1.54, 1.807) is 0 Å². The highest BCUT2D eigenvalue weighted by atomic mass is 16.3. The van der Waals surface area contributed by atoms with Crippen molar-refractivity contribution in [2.45, 2.75) is 71.9 Å². The number of rotatable bonds is 5. The summed E-state index contributed by atoms with van der Waals surface area (Å²) in [5, 5.41) is 15.0. The fourth-order valence-corrected chi connectivity index (χ4v) is 3.35. The molecule has 0 aromatic carbocycles. The molecule has 20 heavy (non-hydrogen) atoms. The van der Waals surface area contributed by atoms with E-state index in [2.05, 4.69) is 32.8 Å². The molecular weight excluding hydrogens is 248 g/mol. The Balaban J connectivity index is 1.84. The van der Waals surface area contributed by atoms with Crippen LogP contribution in [0.4, 0.5) is 0 Å². The Labute approximate surface area is 123 Å². The van der Waals surface area contributed by atoms with Gasteiger partial charge in [-0.3, -0.25) is 4.68 Å². The second-order valence-corrected chi connectivity index (χ2v) is 7.07. The van der Waals surface area contributed by atoms with Crippen molar-refractivity contribution in [3.63, 3.8) is 0 Å². The molecule has 114 valence electrons. The van der Waals surface area contributed by atoms with Gasteiger partial charge in [0.1, 0.15) is 0 Å². The zero-order chi connectivity index (χ0) is 14.7. The molecule has 1 atom stereocenters. The van der Waals surface area contributed by atoms with Crippen LogP contribution in [0.2, 0.25) is 0 Å². The summed E-state index contributed by atoms with van der Waals surface area (Å²) in [6.07, 6.45) is 7.40. The van der Waals surface area contributed by atoms with Crippen molar-refractivity contribution in [2.24, 2.45) is 17.8 Å². The minimum absolute atomic E-state index is 0.223. The molecule has 1 N–H and O–H groups in total. The van der Waals surface area contributed by atoms with E-state index in [9.17, 15) is 5.11 Å². The highest BCUT2D eigenvalue weighted by Gasteiger charge is 2.28. The van der Waals surface area contributed by atoms with Crippen LogP contribution >= 0.6 is 0 Å². The molecule has 1 aromatic heterocycles. The molecule has 1 aliphatic carbocycles. The molecule has 0 spiro atoms. The molecule has 0 radical (unpaired) electrons. The molecule has 1 aliphatic rings. The predicted molar refractivity (Wildman–Crippen MR) is 82.6 cm³/mol. The van der Waals surface area contributed by atoms with Crippen LogP contribution in [0, 0.1) is 17.8 Å². The topological polar surface area (TPSA) is 38.0 Å². The van der Waals surface area contributed by atoms with Gasteiger partial charge in [0.2, 0.25) is 0 Å². The summed E-state index contributed by atoms with van der Waals surface area (Å²) < 4.78 is 1.97. The molecule has 1 heterocycles. The third-order valence-electron chi connectivity index (χ3n) is 4.91. The van der Waals surface area contributed by atoms with Crippen molar-refractivity contribution < 1.29 is 5.11 Å². The van der Waals surface area contributed by atoms with Gasteiger partial charge in [0.15, 0.2) is 0 Å². The summed E-state index contributed by atoms with van der Waals surface area (Å²) in [6, 6.07) is 2.44. The normalized spacial score (nSPS) is 25.4. The van der Waals surface area contributed by atoms with Gasteiger partial charge in [-0.1, -0.05) is 13.8 Å². The number of hydrogen-bond donors (Lipinski definition) is 1. The van der Waals surface area contributed by atoms with Gasteiger partial charge < -0.3 is 5.11 Å². The van der Waals surface area contributed by atoms with Crippen molar-refractivity contribution in [1.82, 2.24) is 9.78 Å². The average Bonchev–Trinajstić information content (AvgIpc) is 2.87. The highest BCUT2D eigenvalue weighted by Crippen LogP contribution is 2.35. The summed E-state index contributed by atoms with van der Waals surface area (Å²) in [5.74, 6) is 2.11. The zero-order valence-corrected chi connectivity index (χ0v) is 13.4. The van der Waals surface area contributed by atoms with E-state index in [1.165, 1.54) is 25.7 Å². The second kappa shape index (κ2) is 6.75. The fourth-order valence-electron chi connectivity index (χ4n) is 3.35. The number of aliphatic hydroxyl groups is 1. The van der Waals surface area contributed by atoms with E-state index >= 15 is 0 Å². The quantitative estimate of drug-likeness (QED) is 0.889. The van der Waals surface area contributed by atoms with Crippen LogP contribution in [0.25, 0.3) is 0 Å². The molecule has 2 rings (SSSR count). The number of aliphatic hydroxyl groups excluding tert-OH is 1. The van der Waals surface area contributed by atoms with Crippen LogP contribution in [0.5, 0.6) is 0 Å². The minimum atomic E-state index is -0.223. The molecular formula is C17H30N2O. The Bertz CT molecular complexity index is 403. The Morgan fingerprint density at radius 1 is 1.15 bits per heavy atom. The summed E-state index contributed by atoms with van der Waals surface area (Å²) in [6.45, 7) is 8.89. The Kier molecular flexibility index (Phi) is 5.25. The molecule has 1 aromatic rings. The largest absolute Gasteiger partial charge is 0.392 e. The van der Waals surface area contributed by atoms with Gasteiger partial charge in [-0.15, -0.1) is 0 Å². The fraction of sp³-hybridized carbons (Fsp3) is 0.824. The van der Waals surface area contributed by atoms with Crippen LogP contribution < -0.4 is 0 Å². The van der Waals surface area contributed by atoms with Gasteiger partial charge in [0, 0.05) is 18.7 Å². The van der Waals surface area contributed by atoms with Crippen molar-refractivity contribution in [3.05, 3.63) is 18.0 Å². The van der Waals surface area contributed by atoms with E-state index in [4.69, 9.17) is 0 Å². The highest BCUT2D eigenvalue weighted by molar-refractivity contribution is 5.02. The van der Waals surface area contributed by atoms with Gasteiger partial charge in [-0.25, -0.2) is 0 Å². The summed E-state index contributed by atoms with van der Waals surface area (Å²) >= 11 is 0. The maximum atomic E-state index is 10.5. The third-order valence-corrected chi connectivity index (χ3v) is 4.91.